The number of hydrogen-bond donors (Lipinski definition) is 5. The molecule has 1 aliphatic heterocycles. The molecule has 9 heteroatoms. The molecule has 31 heavy (non-hydrogen) atoms. The molecule has 0 spiro atoms. The van der Waals surface area contributed by atoms with E-state index in [-0.39, 0.29) is 40.2 Å². The normalized spacial score (nSPS) is 23.7. The van der Waals surface area contributed by atoms with Gasteiger partial charge in [-0.25, -0.2) is 0 Å². The molecule has 0 radical (unpaired) electrons. The van der Waals surface area contributed by atoms with Crippen molar-refractivity contribution in [1.82, 2.24) is 0 Å². The van der Waals surface area contributed by atoms with Gasteiger partial charge in [-0.1, -0.05) is 0 Å². The fourth-order valence-corrected chi connectivity index (χ4v) is 3.86. The van der Waals surface area contributed by atoms with Crippen molar-refractivity contribution in [1.29, 1.82) is 0 Å². The van der Waals surface area contributed by atoms with Gasteiger partial charge in [0.05, 0.1) is 24.9 Å². The van der Waals surface area contributed by atoms with E-state index in [0.717, 1.165) is 12.1 Å². The molecule has 9 nitrogen and oxygen atoms in total. The first kappa shape index (κ1) is 21.0. The Hall–Kier alpha value is -3.27. The molecule has 4 atom stereocenters. The van der Waals surface area contributed by atoms with Crippen LogP contribution < -0.4 is 10.2 Å². The summed E-state index contributed by atoms with van der Waals surface area (Å²) in [5.41, 5.74) is -0.454. The summed E-state index contributed by atoms with van der Waals surface area (Å²) in [6.07, 6.45) is -4.01. The fourth-order valence-electron chi connectivity index (χ4n) is 3.86. The molecule has 0 aliphatic carbocycles. The second-order valence-corrected chi connectivity index (χ2v) is 7.55. The Bertz CT molecular complexity index is 1200. The van der Waals surface area contributed by atoms with Gasteiger partial charge < -0.3 is 39.4 Å². The van der Waals surface area contributed by atoms with Crippen molar-refractivity contribution in [3.8, 4) is 34.3 Å². The molecule has 3 aromatic rings. The number of phenolic OH excluding ortho intramolecular Hbond substituents is 3. The summed E-state index contributed by atoms with van der Waals surface area (Å²) in [5.74, 6) is -0.836. The van der Waals surface area contributed by atoms with E-state index in [4.69, 9.17) is 13.9 Å². The number of aliphatic hydroxyl groups is 2. The van der Waals surface area contributed by atoms with Gasteiger partial charge in [0, 0.05) is 24.1 Å². The molecule has 4 rings (SSSR count). The summed E-state index contributed by atoms with van der Waals surface area (Å²) in [6.45, 7) is 1.68. The maximum atomic E-state index is 12.8. The highest BCUT2D eigenvalue weighted by molar-refractivity contribution is 5.88. The third kappa shape index (κ3) is 3.56. The Morgan fingerprint density at radius 1 is 1.06 bits per heavy atom. The van der Waals surface area contributed by atoms with Crippen molar-refractivity contribution >= 4 is 11.0 Å². The maximum Gasteiger partial charge on any atom is 0.197 e. The molecule has 0 saturated carbocycles. The minimum Gasteiger partial charge on any atom is -0.507 e. The fraction of sp³-hybridized carbons (Fsp3) is 0.318. The minimum atomic E-state index is -1.40. The van der Waals surface area contributed by atoms with Crippen LogP contribution in [-0.2, 0) is 4.74 Å². The lowest BCUT2D eigenvalue weighted by Crippen LogP contribution is -2.42. The van der Waals surface area contributed by atoms with Gasteiger partial charge in [-0.2, -0.15) is 0 Å². The molecule has 0 bridgehead atoms. The van der Waals surface area contributed by atoms with Crippen molar-refractivity contribution in [2.24, 2.45) is 0 Å². The summed E-state index contributed by atoms with van der Waals surface area (Å²) in [4.78, 5) is 12.8. The van der Waals surface area contributed by atoms with E-state index in [2.05, 4.69) is 0 Å². The minimum absolute atomic E-state index is 0.0863. The Morgan fingerprint density at radius 2 is 1.81 bits per heavy atom. The van der Waals surface area contributed by atoms with Crippen LogP contribution in [-0.4, -0.2) is 51.0 Å². The zero-order valence-electron chi connectivity index (χ0n) is 16.8. The van der Waals surface area contributed by atoms with Crippen LogP contribution in [0.4, 0.5) is 0 Å². The van der Waals surface area contributed by atoms with Crippen molar-refractivity contribution in [2.45, 2.75) is 37.8 Å². The van der Waals surface area contributed by atoms with Gasteiger partial charge in [-0.3, -0.25) is 4.79 Å². The molecular formula is C22H22O9. The number of ether oxygens (including phenoxy) is 2. The molecule has 2 aromatic carbocycles. The van der Waals surface area contributed by atoms with Crippen molar-refractivity contribution in [3.63, 3.8) is 0 Å². The SMILES string of the molecule is COc1cc(-c2cc(=O)c3c(O)c(C4OC(C)CC(O)C4O)c(O)cc3o2)ccc1O. The van der Waals surface area contributed by atoms with Crippen LogP contribution in [0.15, 0.2) is 39.5 Å². The summed E-state index contributed by atoms with van der Waals surface area (Å²) in [6, 6.07) is 6.68. The van der Waals surface area contributed by atoms with Gasteiger partial charge in [0.15, 0.2) is 16.9 Å². The van der Waals surface area contributed by atoms with Crippen LogP contribution in [0.3, 0.4) is 0 Å². The molecule has 1 aliphatic rings. The van der Waals surface area contributed by atoms with Crippen LogP contribution in [0.25, 0.3) is 22.3 Å². The van der Waals surface area contributed by atoms with Gasteiger partial charge in [0.25, 0.3) is 0 Å². The third-order valence-corrected chi connectivity index (χ3v) is 5.42. The summed E-state index contributed by atoms with van der Waals surface area (Å²) < 4.78 is 16.4. The van der Waals surface area contributed by atoms with Gasteiger partial charge >= 0.3 is 0 Å². The molecule has 0 amide bonds. The number of hydrogen-bond acceptors (Lipinski definition) is 9. The van der Waals surface area contributed by atoms with Crippen LogP contribution >= 0.6 is 0 Å². The predicted molar refractivity (Wildman–Crippen MR) is 109 cm³/mol. The van der Waals surface area contributed by atoms with E-state index >= 15 is 0 Å². The van der Waals surface area contributed by atoms with Crippen molar-refractivity contribution in [3.05, 3.63) is 46.1 Å². The molecule has 5 N–H and O–H groups in total. The molecular weight excluding hydrogens is 408 g/mol. The maximum absolute atomic E-state index is 12.8. The number of methoxy groups -OCH3 is 1. The second-order valence-electron chi connectivity index (χ2n) is 7.55. The van der Waals surface area contributed by atoms with Crippen LogP contribution in [0.1, 0.15) is 25.0 Å². The number of aliphatic hydroxyl groups excluding tert-OH is 2. The Kier molecular flexibility index (Phi) is 5.26. The van der Waals surface area contributed by atoms with E-state index in [1.807, 2.05) is 0 Å². The zero-order chi connectivity index (χ0) is 22.4. The first-order chi connectivity index (χ1) is 14.7. The highest BCUT2D eigenvalue weighted by Crippen LogP contribution is 2.44. The number of rotatable bonds is 3. The van der Waals surface area contributed by atoms with E-state index in [9.17, 15) is 30.3 Å². The molecule has 1 fully saturated rings. The average Bonchev–Trinajstić information content (AvgIpc) is 2.71. The number of aromatic hydroxyl groups is 3. The first-order valence-corrected chi connectivity index (χ1v) is 9.63. The standard InChI is InChI=1S/C22H22O9/c1-9-5-14(26)20(27)22(30-9)19-13(25)8-17-18(21(19)28)12(24)7-15(31-17)10-3-4-11(23)16(6-10)29-2/h3-4,6-9,14,20,22-23,25-28H,5H2,1-2H3. The Morgan fingerprint density at radius 3 is 2.52 bits per heavy atom. The van der Waals surface area contributed by atoms with Crippen LogP contribution in [0.2, 0.25) is 0 Å². The Balaban J connectivity index is 1.87. The Labute approximate surface area is 176 Å². The number of benzene rings is 2. The van der Waals surface area contributed by atoms with Gasteiger partial charge in [0.1, 0.15) is 40.4 Å². The quantitative estimate of drug-likeness (QED) is 0.421. The molecule has 2 heterocycles. The highest BCUT2D eigenvalue weighted by atomic mass is 16.5. The topological polar surface area (TPSA) is 150 Å². The lowest BCUT2D eigenvalue weighted by Gasteiger charge is -2.36. The van der Waals surface area contributed by atoms with Crippen molar-refractivity contribution < 1.29 is 39.4 Å². The molecule has 1 saturated heterocycles. The summed E-state index contributed by atoms with van der Waals surface area (Å²) in [5, 5.41) is 51.3. The average molecular weight is 430 g/mol. The summed E-state index contributed by atoms with van der Waals surface area (Å²) in [7, 11) is 1.38. The smallest absolute Gasteiger partial charge is 0.197 e. The van der Waals surface area contributed by atoms with E-state index in [1.165, 1.54) is 25.3 Å². The van der Waals surface area contributed by atoms with Gasteiger partial charge in [-0.15, -0.1) is 0 Å². The van der Waals surface area contributed by atoms with E-state index in [1.54, 1.807) is 6.92 Å². The van der Waals surface area contributed by atoms with Gasteiger partial charge in [-0.05, 0) is 25.1 Å². The first-order valence-electron chi connectivity index (χ1n) is 9.63. The number of phenols is 3. The van der Waals surface area contributed by atoms with Crippen LogP contribution in [0.5, 0.6) is 23.0 Å². The lowest BCUT2D eigenvalue weighted by atomic mass is 9.91. The monoisotopic (exact) mass is 430 g/mol. The zero-order valence-corrected chi connectivity index (χ0v) is 16.8. The number of fused-ring (bicyclic) bond motifs is 1. The third-order valence-electron chi connectivity index (χ3n) is 5.42. The second kappa shape index (κ2) is 7.77. The van der Waals surface area contributed by atoms with Crippen LogP contribution in [0, 0.1) is 0 Å². The predicted octanol–water partition coefficient (Wildman–Crippen LogP) is 2.16. The van der Waals surface area contributed by atoms with E-state index < -0.39 is 41.3 Å². The van der Waals surface area contributed by atoms with Crippen molar-refractivity contribution in [2.75, 3.05) is 7.11 Å². The van der Waals surface area contributed by atoms with Gasteiger partial charge in [0.2, 0.25) is 0 Å². The molecule has 4 unspecified atom stereocenters. The van der Waals surface area contributed by atoms with E-state index in [0.29, 0.717) is 5.56 Å². The molecule has 164 valence electrons. The summed E-state index contributed by atoms with van der Waals surface area (Å²) >= 11 is 0. The molecule has 1 aromatic heterocycles. The largest absolute Gasteiger partial charge is 0.507 e. The highest BCUT2D eigenvalue weighted by Gasteiger charge is 2.39. The lowest BCUT2D eigenvalue weighted by molar-refractivity contribution is -0.166.